The lowest BCUT2D eigenvalue weighted by molar-refractivity contribution is -0.136. The van der Waals surface area contributed by atoms with Gasteiger partial charge in [0.2, 0.25) is 5.95 Å². The number of hydrogen-bond acceptors (Lipinski definition) is 5. The van der Waals surface area contributed by atoms with E-state index < -0.39 is 0 Å². The Bertz CT molecular complexity index is 969. The van der Waals surface area contributed by atoms with Gasteiger partial charge >= 0.3 is 5.97 Å². The number of rotatable bonds is 2. The molecule has 3 aromatic rings. The summed E-state index contributed by atoms with van der Waals surface area (Å²) >= 11 is 0. The number of allylic oxidation sites excluding steroid dienone is 1. The third-order valence-electron chi connectivity index (χ3n) is 4.32. The molecule has 1 atom stereocenters. The van der Waals surface area contributed by atoms with E-state index in [4.69, 9.17) is 4.74 Å². The van der Waals surface area contributed by atoms with Crippen LogP contribution >= 0.6 is 0 Å². The third kappa shape index (κ3) is 2.07. The molecule has 1 unspecified atom stereocenters. The van der Waals surface area contributed by atoms with Crippen LogP contribution < -0.4 is 5.32 Å². The van der Waals surface area contributed by atoms with Gasteiger partial charge in [-0.15, -0.1) is 0 Å². The van der Waals surface area contributed by atoms with Crippen LogP contribution in [0.5, 0.6) is 0 Å². The first kappa shape index (κ1) is 14.4. The van der Waals surface area contributed by atoms with Crippen molar-refractivity contribution in [3.63, 3.8) is 0 Å². The maximum Gasteiger partial charge on any atom is 0.338 e. The summed E-state index contributed by atoms with van der Waals surface area (Å²) in [6, 6.07) is 13.8. The molecule has 1 aliphatic rings. The Morgan fingerprint density at radius 1 is 1.21 bits per heavy atom. The SMILES string of the molecule is COC(=O)C1=C(C)Nc2ncnn2C1c1cccc2ccccc12. The van der Waals surface area contributed by atoms with Gasteiger partial charge in [-0.25, -0.2) is 9.48 Å². The number of methoxy groups -OCH3 is 1. The Morgan fingerprint density at radius 3 is 2.83 bits per heavy atom. The maximum absolute atomic E-state index is 12.4. The highest BCUT2D eigenvalue weighted by Gasteiger charge is 2.34. The number of carbonyl (C=O) groups excluding carboxylic acids is 1. The van der Waals surface area contributed by atoms with E-state index in [0.717, 1.165) is 22.0 Å². The molecule has 0 saturated carbocycles. The van der Waals surface area contributed by atoms with Gasteiger partial charge in [-0.2, -0.15) is 10.1 Å². The van der Waals surface area contributed by atoms with E-state index >= 15 is 0 Å². The predicted molar refractivity (Wildman–Crippen MR) is 90.4 cm³/mol. The minimum atomic E-state index is -0.387. The van der Waals surface area contributed by atoms with Gasteiger partial charge in [-0.05, 0) is 23.3 Å². The van der Waals surface area contributed by atoms with Gasteiger partial charge in [0.25, 0.3) is 0 Å². The van der Waals surface area contributed by atoms with Crippen LogP contribution in [0.2, 0.25) is 0 Å². The number of fused-ring (bicyclic) bond motifs is 2. The van der Waals surface area contributed by atoms with Crippen LogP contribution in [0.25, 0.3) is 10.8 Å². The number of aromatic nitrogens is 3. The molecular formula is C18H16N4O2. The fourth-order valence-corrected chi connectivity index (χ4v) is 3.24. The number of anilines is 1. The summed E-state index contributed by atoms with van der Waals surface area (Å²) in [4.78, 5) is 16.7. The Morgan fingerprint density at radius 2 is 2.00 bits per heavy atom. The van der Waals surface area contributed by atoms with Gasteiger partial charge < -0.3 is 10.1 Å². The first-order chi connectivity index (χ1) is 11.7. The first-order valence-corrected chi connectivity index (χ1v) is 7.64. The molecule has 0 fully saturated rings. The standard InChI is InChI=1S/C18H16N4O2/c1-11-15(17(23)24-2)16(22-18(21-11)19-10-20-22)14-9-5-7-12-6-3-4-8-13(12)14/h3-10,16H,1-2H3,(H,19,20,21). The summed E-state index contributed by atoms with van der Waals surface area (Å²) in [5, 5.41) is 9.63. The van der Waals surface area contributed by atoms with Crippen molar-refractivity contribution in [1.82, 2.24) is 14.8 Å². The second kappa shape index (κ2) is 5.49. The van der Waals surface area contributed by atoms with Crippen LogP contribution in [0, 0.1) is 0 Å². The molecule has 6 heteroatoms. The Labute approximate surface area is 138 Å². The molecular weight excluding hydrogens is 304 g/mol. The predicted octanol–water partition coefficient (Wildman–Crippen LogP) is 2.89. The monoisotopic (exact) mass is 320 g/mol. The minimum Gasteiger partial charge on any atom is -0.466 e. The zero-order chi connectivity index (χ0) is 16.7. The van der Waals surface area contributed by atoms with E-state index in [2.05, 4.69) is 27.5 Å². The van der Waals surface area contributed by atoms with E-state index in [1.165, 1.54) is 13.4 Å². The molecule has 1 aliphatic heterocycles. The molecule has 1 N–H and O–H groups in total. The zero-order valence-corrected chi connectivity index (χ0v) is 13.4. The van der Waals surface area contributed by atoms with Crippen molar-refractivity contribution >= 4 is 22.7 Å². The van der Waals surface area contributed by atoms with E-state index in [1.54, 1.807) is 4.68 Å². The largest absolute Gasteiger partial charge is 0.466 e. The Balaban J connectivity index is 2.01. The van der Waals surface area contributed by atoms with Crippen molar-refractivity contribution in [3.8, 4) is 0 Å². The lowest BCUT2D eigenvalue weighted by atomic mass is 9.91. The summed E-state index contributed by atoms with van der Waals surface area (Å²) in [5.74, 6) is 0.233. The van der Waals surface area contributed by atoms with Crippen LogP contribution in [-0.2, 0) is 9.53 Å². The van der Waals surface area contributed by atoms with Crippen LogP contribution in [0.3, 0.4) is 0 Å². The molecule has 0 bridgehead atoms. The lowest BCUT2D eigenvalue weighted by Crippen LogP contribution is -2.29. The van der Waals surface area contributed by atoms with Gasteiger partial charge in [-0.3, -0.25) is 0 Å². The summed E-state index contributed by atoms with van der Waals surface area (Å²) in [5.41, 5.74) is 2.24. The van der Waals surface area contributed by atoms with Crippen LogP contribution in [0.4, 0.5) is 5.95 Å². The molecule has 1 aromatic heterocycles. The third-order valence-corrected chi connectivity index (χ3v) is 4.32. The van der Waals surface area contributed by atoms with Crippen LogP contribution in [0.1, 0.15) is 18.5 Å². The first-order valence-electron chi connectivity index (χ1n) is 7.64. The summed E-state index contributed by atoms with van der Waals surface area (Å²) < 4.78 is 6.74. The maximum atomic E-state index is 12.4. The molecule has 0 amide bonds. The Hall–Kier alpha value is -3.15. The smallest absolute Gasteiger partial charge is 0.338 e. The van der Waals surface area contributed by atoms with Crippen LogP contribution in [-0.4, -0.2) is 27.8 Å². The van der Waals surface area contributed by atoms with E-state index in [1.807, 2.05) is 37.3 Å². The quantitative estimate of drug-likeness (QED) is 0.735. The summed E-state index contributed by atoms with van der Waals surface area (Å²) in [6.07, 6.45) is 1.48. The zero-order valence-electron chi connectivity index (χ0n) is 13.4. The molecule has 0 spiro atoms. The van der Waals surface area contributed by atoms with Gasteiger partial charge in [-0.1, -0.05) is 42.5 Å². The highest BCUT2D eigenvalue weighted by molar-refractivity contribution is 5.95. The number of esters is 1. The lowest BCUT2D eigenvalue weighted by Gasteiger charge is -2.28. The van der Waals surface area contributed by atoms with E-state index in [-0.39, 0.29) is 12.0 Å². The van der Waals surface area contributed by atoms with Gasteiger partial charge in [0.05, 0.1) is 12.7 Å². The second-order valence-corrected chi connectivity index (χ2v) is 5.65. The molecule has 24 heavy (non-hydrogen) atoms. The number of nitrogens with one attached hydrogen (secondary N) is 1. The topological polar surface area (TPSA) is 69.0 Å². The molecule has 2 heterocycles. The average Bonchev–Trinajstić information content (AvgIpc) is 3.07. The van der Waals surface area contributed by atoms with E-state index in [0.29, 0.717) is 11.5 Å². The van der Waals surface area contributed by atoms with Gasteiger partial charge in [0, 0.05) is 5.70 Å². The second-order valence-electron chi connectivity index (χ2n) is 5.65. The van der Waals surface area contributed by atoms with Crippen molar-refractivity contribution in [2.75, 3.05) is 12.4 Å². The average molecular weight is 320 g/mol. The fraction of sp³-hybridized carbons (Fsp3) is 0.167. The molecule has 6 nitrogen and oxygen atoms in total. The number of benzene rings is 2. The van der Waals surface area contributed by atoms with Crippen molar-refractivity contribution in [3.05, 3.63) is 65.6 Å². The van der Waals surface area contributed by atoms with Crippen LogP contribution in [0.15, 0.2) is 60.1 Å². The molecule has 2 aromatic carbocycles. The highest BCUT2D eigenvalue weighted by Crippen LogP contribution is 2.37. The molecule has 120 valence electrons. The fourth-order valence-electron chi connectivity index (χ4n) is 3.24. The van der Waals surface area contributed by atoms with Crippen molar-refractivity contribution in [2.24, 2.45) is 0 Å². The number of hydrogen-bond donors (Lipinski definition) is 1. The minimum absolute atomic E-state index is 0.376. The van der Waals surface area contributed by atoms with Gasteiger partial charge in [0.15, 0.2) is 0 Å². The molecule has 0 radical (unpaired) electrons. The van der Waals surface area contributed by atoms with Crippen molar-refractivity contribution in [1.29, 1.82) is 0 Å². The normalized spacial score (nSPS) is 16.7. The molecule has 0 saturated heterocycles. The summed E-state index contributed by atoms with van der Waals surface area (Å²) in [7, 11) is 1.39. The summed E-state index contributed by atoms with van der Waals surface area (Å²) in [6.45, 7) is 1.85. The Kier molecular flexibility index (Phi) is 3.30. The highest BCUT2D eigenvalue weighted by atomic mass is 16.5. The van der Waals surface area contributed by atoms with Crippen molar-refractivity contribution in [2.45, 2.75) is 13.0 Å². The number of nitrogens with zero attached hydrogens (tertiary/aromatic N) is 3. The number of carbonyl (C=O) groups is 1. The van der Waals surface area contributed by atoms with E-state index in [9.17, 15) is 4.79 Å². The van der Waals surface area contributed by atoms with Crippen molar-refractivity contribution < 1.29 is 9.53 Å². The molecule has 4 rings (SSSR count). The number of ether oxygens (including phenoxy) is 1. The van der Waals surface area contributed by atoms with Gasteiger partial charge in [0.1, 0.15) is 12.4 Å². The molecule has 0 aliphatic carbocycles.